The van der Waals surface area contributed by atoms with Crippen LogP contribution >= 0.6 is 11.3 Å². The number of hydrogen-bond donors (Lipinski definition) is 1. The Hall–Kier alpha value is -2.92. The highest BCUT2D eigenvalue weighted by Gasteiger charge is 2.18. The van der Waals surface area contributed by atoms with E-state index in [-0.39, 0.29) is 18.8 Å². The van der Waals surface area contributed by atoms with E-state index in [2.05, 4.69) is 4.98 Å². The van der Waals surface area contributed by atoms with Crippen LogP contribution in [0.2, 0.25) is 0 Å². The molecule has 136 valence electrons. The standard InChI is InChI=1S/C18H18N2O5S/c1-4-24-18(23)15-11(3)20-16(26-15)12-5-6-14(13(7-12)8-19)25-9-10(2)17(21)22/h5-7,10H,4,9H2,1-3H3,(H,21,22). The number of ether oxygens (including phenoxy) is 2. The molecule has 0 aliphatic rings. The molecule has 1 atom stereocenters. The Bertz CT molecular complexity index is 869. The van der Waals surface area contributed by atoms with Gasteiger partial charge in [0, 0.05) is 5.56 Å². The zero-order chi connectivity index (χ0) is 19.3. The number of nitrogens with zero attached hydrogens (tertiary/aromatic N) is 2. The quantitative estimate of drug-likeness (QED) is 0.741. The lowest BCUT2D eigenvalue weighted by atomic mass is 10.1. The van der Waals surface area contributed by atoms with E-state index in [1.165, 1.54) is 18.3 Å². The Balaban J connectivity index is 2.27. The summed E-state index contributed by atoms with van der Waals surface area (Å²) in [6.45, 7) is 5.23. The fourth-order valence-corrected chi connectivity index (χ4v) is 3.02. The first kappa shape index (κ1) is 19.4. The van der Waals surface area contributed by atoms with E-state index in [9.17, 15) is 14.9 Å². The van der Waals surface area contributed by atoms with Gasteiger partial charge in [0.25, 0.3) is 0 Å². The maximum absolute atomic E-state index is 11.9. The molecular weight excluding hydrogens is 356 g/mol. The fourth-order valence-electron chi connectivity index (χ4n) is 2.07. The lowest BCUT2D eigenvalue weighted by molar-refractivity contribution is -0.142. The minimum atomic E-state index is -0.968. The van der Waals surface area contributed by atoms with Gasteiger partial charge in [0.2, 0.25) is 0 Å². The van der Waals surface area contributed by atoms with Crippen molar-refractivity contribution in [2.24, 2.45) is 5.92 Å². The molecule has 0 aliphatic heterocycles. The highest BCUT2D eigenvalue weighted by Crippen LogP contribution is 2.31. The van der Waals surface area contributed by atoms with Crippen molar-refractivity contribution in [2.75, 3.05) is 13.2 Å². The molecule has 0 aliphatic carbocycles. The Morgan fingerprint density at radius 2 is 2.15 bits per heavy atom. The molecule has 1 aromatic carbocycles. The normalized spacial score (nSPS) is 11.5. The first-order chi connectivity index (χ1) is 12.4. The van der Waals surface area contributed by atoms with E-state index in [1.807, 2.05) is 6.07 Å². The molecule has 1 N–H and O–H groups in total. The second kappa shape index (κ2) is 8.45. The number of carbonyl (C=O) groups excluding carboxylic acids is 1. The number of aromatic nitrogens is 1. The van der Waals surface area contributed by atoms with Crippen LogP contribution in [-0.4, -0.2) is 35.2 Å². The highest BCUT2D eigenvalue weighted by atomic mass is 32.1. The van der Waals surface area contributed by atoms with E-state index in [1.54, 1.807) is 32.0 Å². The van der Waals surface area contributed by atoms with Gasteiger partial charge < -0.3 is 14.6 Å². The zero-order valence-electron chi connectivity index (χ0n) is 14.6. The number of benzene rings is 1. The van der Waals surface area contributed by atoms with Crippen LogP contribution in [-0.2, 0) is 9.53 Å². The monoisotopic (exact) mass is 374 g/mol. The molecule has 0 spiro atoms. The van der Waals surface area contributed by atoms with Crippen LogP contribution in [0, 0.1) is 24.2 Å². The molecule has 0 radical (unpaired) electrons. The highest BCUT2D eigenvalue weighted by molar-refractivity contribution is 7.17. The number of rotatable bonds is 7. The lowest BCUT2D eigenvalue weighted by Gasteiger charge is -2.11. The molecular formula is C18H18N2O5S. The van der Waals surface area contributed by atoms with Crippen LogP contribution in [0.4, 0.5) is 0 Å². The van der Waals surface area contributed by atoms with Crippen molar-refractivity contribution < 1.29 is 24.2 Å². The van der Waals surface area contributed by atoms with Crippen LogP contribution in [0.5, 0.6) is 5.75 Å². The summed E-state index contributed by atoms with van der Waals surface area (Å²) in [5.41, 5.74) is 1.51. The number of carboxylic acids is 1. The first-order valence-corrected chi connectivity index (χ1v) is 8.73. The summed E-state index contributed by atoms with van der Waals surface area (Å²) < 4.78 is 10.5. The third-order valence-corrected chi connectivity index (χ3v) is 4.70. The van der Waals surface area contributed by atoms with Gasteiger partial charge in [0.05, 0.1) is 23.8 Å². The number of hydrogen-bond acceptors (Lipinski definition) is 7. The van der Waals surface area contributed by atoms with Crippen LogP contribution in [0.3, 0.4) is 0 Å². The molecule has 7 nitrogen and oxygen atoms in total. The molecule has 26 heavy (non-hydrogen) atoms. The number of carbonyl (C=O) groups is 2. The lowest BCUT2D eigenvalue weighted by Crippen LogP contribution is -2.18. The second-order valence-electron chi connectivity index (χ2n) is 5.53. The van der Waals surface area contributed by atoms with Gasteiger partial charge >= 0.3 is 11.9 Å². The summed E-state index contributed by atoms with van der Waals surface area (Å²) in [6, 6.07) is 6.96. The van der Waals surface area contributed by atoms with Crippen molar-refractivity contribution in [3.05, 3.63) is 34.3 Å². The number of carboxylic acid groups (broad SMARTS) is 1. The molecule has 1 aromatic heterocycles. The Labute approximate surface area is 154 Å². The Morgan fingerprint density at radius 1 is 1.42 bits per heavy atom. The van der Waals surface area contributed by atoms with Crippen LogP contribution in [0.1, 0.15) is 34.8 Å². The van der Waals surface area contributed by atoms with Crippen molar-refractivity contribution in [1.82, 2.24) is 4.98 Å². The molecule has 2 aromatic rings. The zero-order valence-corrected chi connectivity index (χ0v) is 15.4. The molecule has 1 heterocycles. The summed E-state index contributed by atoms with van der Waals surface area (Å²) in [5, 5.41) is 18.8. The van der Waals surface area contributed by atoms with Crippen LogP contribution < -0.4 is 4.74 Å². The molecule has 0 fully saturated rings. The molecule has 1 unspecified atom stereocenters. The summed E-state index contributed by atoms with van der Waals surface area (Å²) in [6.07, 6.45) is 0. The number of thiazole rings is 1. The summed E-state index contributed by atoms with van der Waals surface area (Å²) in [4.78, 5) is 27.6. The van der Waals surface area contributed by atoms with Crippen LogP contribution in [0.25, 0.3) is 10.6 Å². The SMILES string of the molecule is CCOC(=O)c1sc(-c2ccc(OCC(C)C(=O)O)c(C#N)c2)nc1C. The predicted octanol–water partition coefficient (Wildman–Crippen LogP) is 3.27. The Kier molecular flexibility index (Phi) is 6.31. The van der Waals surface area contributed by atoms with Crippen molar-refractivity contribution in [2.45, 2.75) is 20.8 Å². The van der Waals surface area contributed by atoms with Gasteiger partial charge in [0.1, 0.15) is 28.3 Å². The maximum atomic E-state index is 11.9. The van der Waals surface area contributed by atoms with Gasteiger partial charge in [-0.05, 0) is 39.0 Å². The van der Waals surface area contributed by atoms with E-state index >= 15 is 0 Å². The van der Waals surface area contributed by atoms with Gasteiger partial charge in [-0.15, -0.1) is 11.3 Å². The first-order valence-electron chi connectivity index (χ1n) is 7.92. The molecule has 0 saturated heterocycles. The maximum Gasteiger partial charge on any atom is 0.350 e. The average Bonchev–Trinajstić information content (AvgIpc) is 3.01. The van der Waals surface area contributed by atoms with Gasteiger partial charge in [-0.2, -0.15) is 5.26 Å². The van der Waals surface area contributed by atoms with Gasteiger partial charge in [0.15, 0.2) is 0 Å². The van der Waals surface area contributed by atoms with E-state index < -0.39 is 17.9 Å². The second-order valence-corrected chi connectivity index (χ2v) is 6.53. The summed E-state index contributed by atoms with van der Waals surface area (Å²) in [7, 11) is 0. The van der Waals surface area contributed by atoms with Crippen molar-refractivity contribution in [3.8, 4) is 22.4 Å². The third kappa shape index (κ3) is 4.37. The minimum absolute atomic E-state index is 0.0350. The van der Waals surface area contributed by atoms with Crippen LogP contribution in [0.15, 0.2) is 18.2 Å². The molecule has 8 heteroatoms. The van der Waals surface area contributed by atoms with Crippen molar-refractivity contribution in [3.63, 3.8) is 0 Å². The molecule has 0 saturated carbocycles. The fraction of sp³-hybridized carbons (Fsp3) is 0.333. The smallest absolute Gasteiger partial charge is 0.350 e. The Morgan fingerprint density at radius 3 is 2.77 bits per heavy atom. The molecule has 0 amide bonds. The van der Waals surface area contributed by atoms with Gasteiger partial charge in [-0.25, -0.2) is 9.78 Å². The minimum Gasteiger partial charge on any atom is -0.491 e. The molecule has 0 bridgehead atoms. The number of esters is 1. The van der Waals surface area contributed by atoms with Crippen molar-refractivity contribution in [1.29, 1.82) is 5.26 Å². The summed E-state index contributed by atoms with van der Waals surface area (Å²) >= 11 is 1.19. The van der Waals surface area contributed by atoms with Gasteiger partial charge in [-0.3, -0.25) is 4.79 Å². The van der Waals surface area contributed by atoms with Crippen molar-refractivity contribution >= 4 is 23.3 Å². The largest absolute Gasteiger partial charge is 0.491 e. The number of nitriles is 1. The predicted molar refractivity (Wildman–Crippen MR) is 95.3 cm³/mol. The van der Waals surface area contributed by atoms with E-state index in [0.29, 0.717) is 26.9 Å². The number of aliphatic carboxylic acids is 1. The molecule has 2 rings (SSSR count). The topological polar surface area (TPSA) is 110 Å². The number of aryl methyl sites for hydroxylation is 1. The average molecular weight is 374 g/mol. The van der Waals surface area contributed by atoms with E-state index in [0.717, 1.165) is 0 Å². The summed E-state index contributed by atoms with van der Waals surface area (Å²) in [5.74, 6) is -1.76. The van der Waals surface area contributed by atoms with E-state index in [4.69, 9.17) is 14.6 Å². The van der Waals surface area contributed by atoms with Gasteiger partial charge in [-0.1, -0.05) is 0 Å². The third-order valence-electron chi connectivity index (χ3n) is 3.51.